The highest BCUT2D eigenvalue weighted by Crippen LogP contribution is 2.51. The van der Waals surface area contributed by atoms with Crippen LogP contribution in [0.25, 0.3) is 6.08 Å². The van der Waals surface area contributed by atoms with Gasteiger partial charge in [0.25, 0.3) is 0 Å². The lowest BCUT2D eigenvalue weighted by molar-refractivity contribution is -0.196. The minimum absolute atomic E-state index is 0.240. The van der Waals surface area contributed by atoms with Gasteiger partial charge in [-0.05, 0) is 57.1 Å². The van der Waals surface area contributed by atoms with Crippen LogP contribution >= 0.6 is 0 Å². The molecule has 4 heteroatoms. The number of esters is 1. The first-order valence-electron chi connectivity index (χ1n) is 12.9. The van der Waals surface area contributed by atoms with Crippen LogP contribution in [0.4, 0.5) is 0 Å². The highest BCUT2D eigenvalue weighted by atomic mass is 16.6. The van der Waals surface area contributed by atoms with Gasteiger partial charge in [-0.3, -0.25) is 0 Å². The first kappa shape index (κ1) is 24.7. The summed E-state index contributed by atoms with van der Waals surface area (Å²) in [5.74, 6) is -0.272. The molecule has 2 aromatic rings. The zero-order valence-electron chi connectivity index (χ0n) is 21.1. The van der Waals surface area contributed by atoms with Crippen LogP contribution in [0.1, 0.15) is 57.1 Å². The highest BCUT2D eigenvalue weighted by Gasteiger charge is 2.57. The van der Waals surface area contributed by atoms with Gasteiger partial charge < -0.3 is 14.5 Å². The van der Waals surface area contributed by atoms with Gasteiger partial charge in [-0.15, -0.1) is 0 Å². The number of hydrogen-bond donors (Lipinski definition) is 0. The third-order valence-corrected chi connectivity index (χ3v) is 7.91. The van der Waals surface area contributed by atoms with Gasteiger partial charge in [0.2, 0.25) is 0 Å². The molecule has 0 N–H and O–H groups in total. The monoisotopic (exact) mass is 460 g/mol. The summed E-state index contributed by atoms with van der Waals surface area (Å²) >= 11 is 0. The molecule has 0 spiro atoms. The fraction of sp³-hybridized carbons (Fsp3) is 0.500. The molecule has 2 heterocycles. The first-order valence-corrected chi connectivity index (χ1v) is 12.9. The molecule has 3 atom stereocenters. The Morgan fingerprint density at radius 1 is 1.00 bits per heavy atom. The zero-order valence-corrected chi connectivity index (χ0v) is 21.1. The largest absolute Gasteiger partial charge is 0.450 e. The normalized spacial score (nSPS) is 29.1. The standard InChI is InChI=1S/C30H40N2O2/c1-25-22-30(27-16-10-7-11-17-27,34-28(33)19-18-26-14-8-6-9-15-26)29(2,23-31(25)3)24-32-20-12-4-5-13-21-32/h6-11,14-19,25H,4-5,12-13,20-24H2,1-3H3/b19-18+. The SMILES string of the molecule is CC1CC(OC(=O)/C=C/c2ccccc2)(c2ccccc2)C(C)(CN2CCCCCC2)CN1C. The van der Waals surface area contributed by atoms with Crippen LogP contribution in [0.3, 0.4) is 0 Å². The van der Waals surface area contributed by atoms with E-state index in [-0.39, 0.29) is 11.4 Å². The van der Waals surface area contributed by atoms with Gasteiger partial charge in [-0.25, -0.2) is 4.79 Å². The van der Waals surface area contributed by atoms with E-state index >= 15 is 0 Å². The molecule has 0 bridgehead atoms. The van der Waals surface area contributed by atoms with Crippen molar-refractivity contribution in [2.75, 3.05) is 33.2 Å². The van der Waals surface area contributed by atoms with E-state index in [1.165, 1.54) is 25.7 Å². The molecule has 4 nitrogen and oxygen atoms in total. The van der Waals surface area contributed by atoms with Crippen molar-refractivity contribution < 1.29 is 9.53 Å². The number of piperidine rings is 1. The number of likely N-dealkylation sites (tertiary alicyclic amines) is 2. The summed E-state index contributed by atoms with van der Waals surface area (Å²) in [6, 6.07) is 20.7. The van der Waals surface area contributed by atoms with Crippen molar-refractivity contribution in [2.45, 2.75) is 57.6 Å². The number of hydrogen-bond acceptors (Lipinski definition) is 4. The fourth-order valence-electron chi connectivity index (χ4n) is 5.95. The Morgan fingerprint density at radius 3 is 2.26 bits per heavy atom. The van der Waals surface area contributed by atoms with Crippen molar-refractivity contribution in [3.63, 3.8) is 0 Å². The molecule has 182 valence electrons. The molecule has 4 rings (SSSR count). The Labute approximate surface area is 205 Å². The maximum atomic E-state index is 13.4. The fourth-order valence-corrected chi connectivity index (χ4v) is 5.95. The van der Waals surface area contributed by atoms with E-state index in [2.05, 4.69) is 55.0 Å². The highest BCUT2D eigenvalue weighted by molar-refractivity contribution is 5.87. The molecule has 2 fully saturated rings. The summed E-state index contributed by atoms with van der Waals surface area (Å²) < 4.78 is 6.61. The number of ether oxygens (including phenoxy) is 1. The molecular formula is C30H40N2O2. The lowest BCUT2D eigenvalue weighted by Crippen LogP contribution is -2.63. The molecule has 0 saturated carbocycles. The van der Waals surface area contributed by atoms with E-state index < -0.39 is 5.60 Å². The van der Waals surface area contributed by atoms with Crippen LogP contribution in [-0.2, 0) is 15.1 Å². The van der Waals surface area contributed by atoms with Gasteiger partial charge in [0, 0.05) is 37.0 Å². The second-order valence-corrected chi connectivity index (χ2v) is 10.6. The zero-order chi connectivity index (χ0) is 24.0. The van der Waals surface area contributed by atoms with E-state index in [4.69, 9.17) is 4.74 Å². The lowest BCUT2D eigenvalue weighted by atomic mass is 9.63. The quantitative estimate of drug-likeness (QED) is 0.406. The maximum Gasteiger partial charge on any atom is 0.331 e. The molecule has 2 aliphatic heterocycles. The topological polar surface area (TPSA) is 32.8 Å². The van der Waals surface area contributed by atoms with Gasteiger partial charge >= 0.3 is 5.97 Å². The summed E-state index contributed by atoms with van der Waals surface area (Å²) in [5, 5.41) is 0. The molecule has 2 aromatic carbocycles. The first-order chi connectivity index (χ1) is 16.4. The van der Waals surface area contributed by atoms with Crippen LogP contribution in [-0.4, -0.2) is 55.0 Å². The van der Waals surface area contributed by atoms with E-state index in [1.54, 1.807) is 6.08 Å². The molecular weight excluding hydrogens is 420 g/mol. The number of carbonyl (C=O) groups excluding carboxylic acids is 1. The van der Waals surface area contributed by atoms with Crippen LogP contribution in [0, 0.1) is 5.41 Å². The molecule has 34 heavy (non-hydrogen) atoms. The molecule has 0 radical (unpaired) electrons. The van der Waals surface area contributed by atoms with Gasteiger partial charge in [0.05, 0.1) is 0 Å². The van der Waals surface area contributed by atoms with Gasteiger partial charge in [-0.1, -0.05) is 80.4 Å². The lowest BCUT2D eigenvalue weighted by Gasteiger charge is -2.56. The van der Waals surface area contributed by atoms with Gasteiger partial charge in [0.1, 0.15) is 5.60 Å². The second-order valence-electron chi connectivity index (χ2n) is 10.6. The molecule has 0 amide bonds. The smallest absolute Gasteiger partial charge is 0.331 e. The average Bonchev–Trinajstić information content (AvgIpc) is 3.11. The average molecular weight is 461 g/mol. The van der Waals surface area contributed by atoms with Gasteiger partial charge in [0.15, 0.2) is 0 Å². The summed E-state index contributed by atoms with van der Waals surface area (Å²) in [4.78, 5) is 18.4. The van der Waals surface area contributed by atoms with Crippen LogP contribution in [0.2, 0.25) is 0 Å². The van der Waals surface area contributed by atoms with Crippen LogP contribution in [0.5, 0.6) is 0 Å². The Balaban J connectivity index is 1.70. The van der Waals surface area contributed by atoms with Crippen LogP contribution in [0.15, 0.2) is 66.7 Å². The van der Waals surface area contributed by atoms with Crippen molar-refractivity contribution in [2.24, 2.45) is 5.41 Å². The minimum Gasteiger partial charge on any atom is -0.450 e. The van der Waals surface area contributed by atoms with Crippen molar-refractivity contribution in [1.82, 2.24) is 9.80 Å². The van der Waals surface area contributed by atoms with E-state index in [0.717, 1.165) is 43.7 Å². The number of benzene rings is 2. The minimum atomic E-state index is -0.690. The van der Waals surface area contributed by atoms with E-state index in [0.29, 0.717) is 6.04 Å². The molecule has 3 unspecified atom stereocenters. The van der Waals surface area contributed by atoms with Crippen molar-refractivity contribution >= 4 is 12.0 Å². The van der Waals surface area contributed by atoms with Crippen molar-refractivity contribution in [1.29, 1.82) is 0 Å². The Hall–Kier alpha value is -2.43. The van der Waals surface area contributed by atoms with E-state index in [9.17, 15) is 4.79 Å². The Morgan fingerprint density at radius 2 is 1.62 bits per heavy atom. The number of nitrogens with zero attached hydrogens (tertiary/aromatic N) is 2. The summed E-state index contributed by atoms with van der Waals surface area (Å²) in [6.07, 6.45) is 9.35. The number of rotatable bonds is 6. The third-order valence-electron chi connectivity index (χ3n) is 7.91. The van der Waals surface area contributed by atoms with E-state index in [1.807, 2.05) is 42.5 Å². The summed E-state index contributed by atoms with van der Waals surface area (Å²) in [6.45, 7) is 8.64. The molecule has 0 aliphatic carbocycles. The predicted molar refractivity (Wildman–Crippen MR) is 139 cm³/mol. The third kappa shape index (κ3) is 5.45. The van der Waals surface area contributed by atoms with Crippen molar-refractivity contribution in [3.8, 4) is 0 Å². The predicted octanol–water partition coefficient (Wildman–Crippen LogP) is 5.74. The summed E-state index contributed by atoms with van der Waals surface area (Å²) in [5.41, 5.74) is 1.17. The molecule has 0 aromatic heterocycles. The molecule has 2 aliphatic rings. The van der Waals surface area contributed by atoms with Crippen LogP contribution < -0.4 is 0 Å². The molecule has 2 saturated heterocycles. The Kier molecular flexibility index (Phi) is 7.90. The Bertz CT molecular complexity index is 952. The summed E-state index contributed by atoms with van der Waals surface area (Å²) in [7, 11) is 2.21. The van der Waals surface area contributed by atoms with Crippen molar-refractivity contribution in [3.05, 3.63) is 77.9 Å². The number of carbonyl (C=O) groups is 1. The van der Waals surface area contributed by atoms with Gasteiger partial charge in [-0.2, -0.15) is 0 Å². The second kappa shape index (κ2) is 10.9. The maximum absolute atomic E-state index is 13.4.